The van der Waals surface area contributed by atoms with Gasteiger partial charge in [-0.25, -0.2) is 8.42 Å². The number of nitrogens with one attached hydrogen (secondary N) is 1. The normalized spacial score (nSPS) is 12.1. The van der Waals surface area contributed by atoms with Crippen molar-refractivity contribution >= 4 is 39.1 Å². The third-order valence-electron chi connectivity index (χ3n) is 6.80. The molecule has 0 saturated heterocycles. The summed E-state index contributed by atoms with van der Waals surface area (Å²) in [6.07, 6.45) is 1.74. The van der Waals surface area contributed by atoms with Crippen LogP contribution in [-0.4, -0.2) is 44.3 Å². The Morgan fingerprint density at radius 3 is 2.12 bits per heavy atom. The van der Waals surface area contributed by atoms with Crippen molar-refractivity contribution in [2.24, 2.45) is 0 Å². The van der Waals surface area contributed by atoms with Crippen molar-refractivity contribution in [1.82, 2.24) is 10.2 Å². The predicted molar refractivity (Wildman–Crippen MR) is 161 cm³/mol. The lowest BCUT2D eigenvalue weighted by Gasteiger charge is -2.32. The maximum absolute atomic E-state index is 14.0. The van der Waals surface area contributed by atoms with Crippen molar-refractivity contribution in [2.45, 2.75) is 64.9 Å². The van der Waals surface area contributed by atoms with E-state index in [4.69, 9.17) is 11.6 Å². The molecule has 0 aliphatic rings. The molecule has 1 N–H and O–H groups in total. The Labute approximate surface area is 243 Å². The van der Waals surface area contributed by atoms with Crippen LogP contribution in [0.2, 0.25) is 5.02 Å². The molecule has 0 aliphatic carbocycles. The van der Waals surface area contributed by atoms with Crippen molar-refractivity contribution < 1.29 is 18.0 Å². The number of hydrogen-bond acceptors (Lipinski definition) is 4. The van der Waals surface area contributed by atoms with Crippen LogP contribution in [0.15, 0.2) is 71.6 Å². The average Bonchev–Trinajstić information content (AvgIpc) is 2.92. The molecular formula is C31H38ClN3O4S. The Morgan fingerprint density at radius 1 is 0.925 bits per heavy atom. The summed E-state index contributed by atoms with van der Waals surface area (Å²) in [4.78, 5) is 28.6. The van der Waals surface area contributed by atoms with Gasteiger partial charge in [0.05, 0.1) is 10.6 Å². The van der Waals surface area contributed by atoms with Crippen LogP contribution >= 0.6 is 11.6 Å². The van der Waals surface area contributed by atoms with Crippen molar-refractivity contribution in [1.29, 1.82) is 0 Å². The molecule has 1 unspecified atom stereocenters. The molecule has 7 nitrogen and oxygen atoms in total. The predicted octanol–water partition coefficient (Wildman–Crippen LogP) is 5.79. The lowest BCUT2D eigenvalue weighted by atomic mass is 10.1. The number of amides is 2. The molecule has 0 bridgehead atoms. The van der Waals surface area contributed by atoms with Crippen LogP contribution in [0.4, 0.5) is 5.69 Å². The van der Waals surface area contributed by atoms with E-state index in [0.29, 0.717) is 22.8 Å². The lowest BCUT2D eigenvalue weighted by Crippen LogP contribution is -2.51. The fourth-order valence-electron chi connectivity index (χ4n) is 4.21. The smallest absolute Gasteiger partial charge is 0.264 e. The zero-order valence-corrected chi connectivity index (χ0v) is 25.3. The van der Waals surface area contributed by atoms with Gasteiger partial charge in [-0.1, -0.05) is 78.5 Å². The number of aryl methyl sites for hydroxylation is 3. The number of benzene rings is 3. The van der Waals surface area contributed by atoms with Gasteiger partial charge in [0.2, 0.25) is 11.8 Å². The Kier molecular flexibility index (Phi) is 10.8. The van der Waals surface area contributed by atoms with Gasteiger partial charge in [0.25, 0.3) is 10.0 Å². The molecule has 0 fully saturated rings. The Balaban J connectivity index is 2.04. The first-order valence-corrected chi connectivity index (χ1v) is 15.2. The lowest BCUT2D eigenvalue weighted by molar-refractivity contribution is -0.139. The van der Waals surface area contributed by atoms with E-state index < -0.39 is 28.5 Å². The molecule has 3 aromatic carbocycles. The highest BCUT2D eigenvalue weighted by Crippen LogP contribution is 2.30. The van der Waals surface area contributed by atoms with Gasteiger partial charge < -0.3 is 10.2 Å². The Morgan fingerprint density at radius 2 is 1.52 bits per heavy atom. The Hall–Kier alpha value is -3.36. The van der Waals surface area contributed by atoms with Gasteiger partial charge in [0.15, 0.2) is 0 Å². The summed E-state index contributed by atoms with van der Waals surface area (Å²) in [6, 6.07) is 18.3. The molecule has 0 aromatic heterocycles. The number of rotatable bonds is 12. The second kappa shape index (κ2) is 13.8. The largest absolute Gasteiger partial charge is 0.354 e. The summed E-state index contributed by atoms with van der Waals surface area (Å²) in [7, 11) is -4.15. The van der Waals surface area contributed by atoms with Crippen LogP contribution in [-0.2, 0) is 26.2 Å². The third kappa shape index (κ3) is 7.86. The zero-order chi connectivity index (χ0) is 29.4. The number of nitrogens with zero attached hydrogens (tertiary/aromatic N) is 2. The van der Waals surface area contributed by atoms with E-state index in [2.05, 4.69) is 5.32 Å². The van der Waals surface area contributed by atoms with Crippen molar-refractivity contribution in [2.75, 3.05) is 17.4 Å². The van der Waals surface area contributed by atoms with Crippen LogP contribution in [0.1, 0.15) is 48.9 Å². The van der Waals surface area contributed by atoms with E-state index in [1.165, 1.54) is 17.0 Å². The molecule has 0 aliphatic heterocycles. The number of halogens is 1. The number of unbranched alkanes of at least 4 members (excludes halogenated alkanes) is 1. The number of hydrogen-bond donors (Lipinski definition) is 1. The van der Waals surface area contributed by atoms with E-state index in [0.717, 1.165) is 33.8 Å². The molecule has 0 saturated carbocycles. The molecule has 3 rings (SSSR count). The maximum Gasteiger partial charge on any atom is 0.264 e. The van der Waals surface area contributed by atoms with E-state index in [1.54, 1.807) is 44.2 Å². The average molecular weight is 584 g/mol. The van der Waals surface area contributed by atoms with Gasteiger partial charge in [-0.3, -0.25) is 13.9 Å². The Bertz CT molecular complexity index is 1420. The van der Waals surface area contributed by atoms with Gasteiger partial charge in [-0.2, -0.15) is 0 Å². The second-order valence-electron chi connectivity index (χ2n) is 10.1. The first kappa shape index (κ1) is 31.2. The van der Waals surface area contributed by atoms with Gasteiger partial charge in [-0.05, 0) is 69.5 Å². The molecule has 1 atom stereocenters. The van der Waals surface area contributed by atoms with E-state index in [-0.39, 0.29) is 17.3 Å². The molecule has 0 heterocycles. The van der Waals surface area contributed by atoms with E-state index >= 15 is 0 Å². The minimum Gasteiger partial charge on any atom is -0.354 e. The minimum atomic E-state index is -4.15. The molecular weight excluding hydrogens is 546 g/mol. The first-order chi connectivity index (χ1) is 18.9. The molecule has 40 heavy (non-hydrogen) atoms. The summed E-state index contributed by atoms with van der Waals surface area (Å²) >= 11 is 6.28. The standard InChI is InChI=1S/C31H38ClN3O4S/c1-6-7-18-33-31(37)25(5)34(20-26-13-8-22(2)9-14-26)30(36)21-35(29-19-27(32)15-12-24(29)4)40(38,39)28-16-10-23(3)11-17-28/h8-17,19,25H,6-7,18,20-21H2,1-5H3,(H,33,37). The molecule has 0 radical (unpaired) electrons. The number of carbonyl (C=O) groups excluding carboxylic acids is 2. The zero-order valence-electron chi connectivity index (χ0n) is 23.8. The summed E-state index contributed by atoms with van der Waals surface area (Å²) < 4.78 is 29.0. The summed E-state index contributed by atoms with van der Waals surface area (Å²) in [6.45, 7) is 9.45. The first-order valence-electron chi connectivity index (χ1n) is 13.4. The third-order valence-corrected chi connectivity index (χ3v) is 8.81. The minimum absolute atomic E-state index is 0.0562. The van der Waals surface area contributed by atoms with Gasteiger partial charge in [-0.15, -0.1) is 0 Å². The van der Waals surface area contributed by atoms with Gasteiger partial charge >= 0.3 is 0 Å². The molecule has 9 heteroatoms. The highest BCUT2D eigenvalue weighted by molar-refractivity contribution is 7.92. The van der Waals surface area contributed by atoms with Crippen LogP contribution in [0.25, 0.3) is 0 Å². The number of anilines is 1. The van der Waals surface area contributed by atoms with Crippen LogP contribution in [0, 0.1) is 20.8 Å². The van der Waals surface area contributed by atoms with Crippen molar-refractivity contribution in [3.8, 4) is 0 Å². The van der Waals surface area contributed by atoms with Crippen LogP contribution in [0.5, 0.6) is 0 Å². The van der Waals surface area contributed by atoms with Crippen LogP contribution < -0.4 is 9.62 Å². The molecule has 2 amide bonds. The highest BCUT2D eigenvalue weighted by atomic mass is 35.5. The van der Waals surface area contributed by atoms with Crippen molar-refractivity contribution in [3.05, 3.63) is 94.0 Å². The summed E-state index contributed by atoms with van der Waals surface area (Å²) in [5, 5.41) is 3.24. The van der Waals surface area contributed by atoms with E-state index in [9.17, 15) is 18.0 Å². The topological polar surface area (TPSA) is 86.8 Å². The SMILES string of the molecule is CCCCNC(=O)C(C)N(Cc1ccc(C)cc1)C(=O)CN(c1cc(Cl)ccc1C)S(=O)(=O)c1ccc(C)cc1. The maximum atomic E-state index is 14.0. The monoisotopic (exact) mass is 583 g/mol. The van der Waals surface area contributed by atoms with E-state index in [1.807, 2.05) is 45.0 Å². The number of carbonyl (C=O) groups is 2. The van der Waals surface area contributed by atoms with Gasteiger partial charge in [0.1, 0.15) is 12.6 Å². The van der Waals surface area contributed by atoms with Crippen molar-refractivity contribution in [3.63, 3.8) is 0 Å². The summed E-state index contributed by atoms with van der Waals surface area (Å²) in [5.74, 6) is -0.797. The second-order valence-corrected chi connectivity index (χ2v) is 12.4. The van der Waals surface area contributed by atoms with Gasteiger partial charge in [0, 0.05) is 18.1 Å². The fourth-order valence-corrected chi connectivity index (χ4v) is 5.85. The molecule has 214 valence electrons. The van der Waals surface area contributed by atoms with Crippen LogP contribution in [0.3, 0.4) is 0 Å². The number of sulfonamides is 1. The summed E-state index contributed by atoms with van der Waals surface area (Å²) in [5.41, 5.74) is 3.76. The quantitative estimate of drug-likeness (QED) is 0.273. The highest BCUT2D eigenvalue weighted by Gasteiger charge is 2.33. The fraction of sp³-hybridized carbons (Fsp3) is 0.355. The molecule has 0 spiro atoms. The molecule has 3 aromatic rings.